The minimum absolute atomic E-state index is 0.0642. The molecule has 32 heavy (non-hydrogen) atoms. The van der Waals surface area contributed by atoms with Gasteiger partial charge >= 0.3 is 0 Å². The molecule has 0 N–H and O–H groups in total. The van der Waals surface area contributed by atoms with Crippen LogP contribution in [0.15, 0.2) is 35.0 Å². The Labute approximate surface area is 189 Å². The van der Waals surface area contributed by atoms with E-state index in [0.29, 0.717) is 23.7 Å². The van der Waals surface area contributed by atoms with Gasteiger partial charge in [0.15, 0.2) is 0 Å². The molecule has 0 aliphatic carbocycles. The zero-order chi connectivity index (χ0) is 22.3. The molecule has 1 atom stereocenters. The molecule has 3 heterocycles. The van der Waals surface area contributed by atoms with Gasteiger partial charge in [0.1, 0.15) is 11.4 Å². The fraction of sp³-hybridized carbons (Fsp3) is 0.583. The SMILES string of the molecule is Cc1nonc1CC(=O)N1CCC[C@@H](CCC(=O)N2CCN(Cc3ccccc3)CC2)C1. The lowest BCUT2D eigenvalue weighted by Gasteiger charge is -2.36. The van der Waals surface area contributed by atoms with Gasteiger partial charge < -0.3 is 9.80 Å². The second-order valence-corrected chi connectivity index (χ2v) is 9.00. The number of nitrogens with zero attached hydrogens (tertiary/aromatic N) is 5. The van der Waals surface area contributed by atoms with Crippen molar-refractivity contribution in [3.63, 3.8) is 0 Å². The van der Waals surface area contributed by atoms with E-state index >= 15 is 0 Å². The van der Waals surface area contributed by atoms with Gasteiger partial charge in [-0.2, -0.15) is 0 Å². The lowest BCUT2D eigenvalue weighted by molar-refractivity contribution is -0.133. The Balaban J connectivity index is 1.18. The number of likely N-dealkylation sites (tertiary alicyclic amines) is 1. The van der Waals surface area contributed by atoms with Crippen LogP contribution in [0, 0.1) is 12.8 Å². The van der Waals surface area contributed by atoms with Crippen LogP contribution in [0.4, 0.5) is 0 Å². The molecule has 1 aromatic heterocycles. The third-order valence-electron chi connectivity index (χ3n) is 6.68. The fourth-order valence-electron chi connectivity index (χ4n) is 4.67. The van der Waals surface area contributed by atoms with Crippen molar-refractivity contribution < 1.29 is 14.2 Å². The number of piperazine rings is 1. The van der Waals surface area contributed by atoms with Gasteiger partial charge in [-0.15, -0.1) is 0 Å². The van der Waals surface area contributed by atoms with Crippen LogP contribution < -0.4 is 0 Å². The van der Waals surface area contributed by atoms with E-state index in [4.69, 9.17) is 4.63 Å². The van der Waals surface area contributed by atoms with Gasteiger partial charge in [-0.05, 0) is 37.7 Å². The maximum absolute atomic E-state index is 12.8. The second-order valence-electron chi connectivity index (χ2n) is 9.00. The average molecular weight is 440 g/mol. The molecule has 172 valence electrons. The first-order valence-corrected chi connectivity index (χ1v) is 11.7. The molecule has 0 saturated carbocycles. The molecule has 0 unspecified atom stereocenters. The maximum Gasteiger partial charge on any atom is 0.228 e. The predicted molar refractivity (Wildman–Crippen MR) is 120 cm³/mol. The summed E-state index contributed by atoms with van der Waals surface area (Å²) in [5.74, 6) is 0.694. The Morgan fingerprint density at radius 2 is 1.78 bits per heavy atom. The van der Waals surface area contributed by atoms with E-state index in [1.165, 1.54) is 5.56 Å². The third-order valence-corrected chi connectivity index (χ3v) is 6.68. The molecule has 2 amide bonds. The molecule has 0 radical (unpaired) electrons. The van der Waals surface area contributed by atoms with Crippen molar-refractivity contribution in [3.05, 3.63) is 47.3 Å². The van der Waals surface area contributed by atoms with E-state index in [-0.39, 0.29) is 18.2 Å². The van der Waals surface area contributed by atoms with E-state index in [2.05, 4.69) is 39.5 Å². The predicted octanol–water partition coefficient (Wildman–Crippen LogP) is 2.28. The summed E-state index contributed by atoms with van der Waals surface area (Å²) in [6, 6.07) is 10.5. The van der Waals surface area contributed by atoms with E-state index in [1.54, 1.807) is 6.92 Å². The van der Waals surface area contributed by atoms with Crippen LogP contribution in [0.1, 0.15) is 42.6 Å². The van der Waals surface area contributed by atoms with Crippen LogP contribution in [-0.2, 0) is 22.6 Å². The number of aromatic nitrogens is 2. The van der Waals surface area contributed by atoms with E-state index in [0.717, 1.165) is 65.1 Å². The first-order valence-electron chi connectivity index (χ1n) is 11.7. The summed E-state index contributed by atoms with van der Waals surface area (Å²) in [5, 5.41) is 7.57. The van der Waals surface area contributed by atoms with Gasteiger partial charge in [0, 0.05) is 52.2 Å². The molecular weight excluding hydrogens is 406 g/mol. The topological polar surface area (TPSA) is 82.8 Å². The van der Waals surface area contributed by atoms with Crippen molar-refractivity contribution in [1.82, 2.24) is 25.0 Å². The zero-order valence-corrected chi connectivity index (χ0v) is 18.9. The highest BCUT2D eigenvalue weighted by Crippen LogP contribution is 2.22. The highest BCUT2D eigenvalue weighted by atomic mass is 16.6. The monoisotopic (exact) mass is 439 g/mol. The Morgan fingerprint density at radius 3 is 2.50 bits per heavy atom. The molecule has 0 spiro atoms. The number of hydrogen-bond donors (Lipinski definition) is 0. The van der Waals surface area contributed by atoms with Gasteiger partial charge in [-0.3, -0.25) is 14.5 Å². The van der Waals surface area contributed by atoms with Gasteiger partial charge in [0.25, 0.3) is 0 Å². The van der Waals surface area contributed by atoms with E-state index < -0.39 is 0 Å². The van der Waals surface area contributed by atoms with Crippen molar-refractivity contribution in [2.45, 2.75) is 45.6 Å². The number of carbonyl (C=O) groups is 2. The number of benzene rings is 1. The lowest BCUT2D eigenvalue weighted by atomic mass is 9.92. The molecule has 4 rings (SSSR count). The minimum atomic E-state index is 0.0642. The molecule has 0 bridgehead atoms. The van der Waals surface area contributed by atoms with Crippen molar-refractivity contribution in [2.75, 3.05) is 39.3 Å². The van der Waals surface area contributed by atoms with Crippen molar-refractivity contribution in [2.24, 2.45) is 5.92 Å². The van der Waals surface area contributed by atoms with E-state index in [1.807, 2.05) is 15.9 Å². The van der Waals surface area contributed by atoms with Gasteiger partial charge in [0.2, 0.25) is 11.8 Å². The maximum atomic E-state index is 12.8. The van der Waals surface area contributed by atoms with Gasteiger partial charge in [-0.25, -0.2) is 4.63 Å². The largest absolute Gasteiger partial charge is 0.342 e. The number of amides is 2. The Bertz CT molecular complexity index is 892. The first-order chi connectivity index (χ1) is 15.6. The first kappa shape index (κ1) is 22.5. The highest BCUT2D eigenvalue weighted by molar-refractivity contribution is 5.78. The smallest absolute Gasteiger partial charge is 0.228 e. The van der Waals surface area contributed by atoms with E-state index in [9.17, 15) is 9.59 Å². The number of carbonyl (C=O) groups excluding carboxylic acids is 2. The van der Waals surface area contributed by atoms with Crippen LogP contribution >= 0.6 is 0 Å². The lowest BCUT2D eigenvalue weighted by Crippen LogP contribution is -2.48. The molecule has 2 saturated heterocycles. The molecule has 2 fully saturated rings. The zero-order valence-electron chi connectivity index (χ0n) is 18.9. The Hall–Kier alpha value is -2.74. The van der Waals surface area contributed by atoms with Crippen LogP contribution in [0.3, 0.4) is 0 Å². The summed E-state index contributed by atoms with van der Waals surface area (Å²) >= 11 is 0. The summed E-state index contributed by atoms with van der Waals surface area (Å²) < 4.78 is 4.70. The third kappa shape index (κ3) is 5.94. The molecule has 8 nitrogen and oxygen atoms in total. The average Bonchev–Trinajstić information content (AvgIpc) is 3.23. The van der Waals surface area contributed by atoms with Crippen LogP contribution in [0.25, 0.3) is 0 Å². The molecule has 2 aliphatic rings. The summed E-state index contributed by atoms with van der Waals surface area (Å²) in [5.41, 5.74) is 2.60. The van der Waals surface area contributed by atoms with Crippen LogP contribution in [-0.4, -0.2) is 76.1 Å². The fourth-order valence-corrected chi connectivity index (χ4v) is 4.67. The van der Waals surface area contributed by atoms with Crippen molar-refractivity contribution >= 4 is 11.8 Å². The standard InChI is InChI=1S/C24H33N5O3/c1-19-22(26-32-25-19)16-24(31)29-11-5-8-21(18-29)9-10-23(30)28-14-12-27(13-15-28)17-20-6-3-2-4-7-20/h2-4,6-7,21H,5,8-18H2,1H3/t21-/m0/s1. The summed E-state index contributed by atoms with van der Waals surface area (Å²) in [6.45, 7) is 7.67. The quantitative estimate of drug-likeness (QED) is 0.658. The van der Waals surface area contributed by atoms with Crippen LogP contribution in [0.5, 0.6) is 0 Å². The van der Waals surface area contributed by atoms with Crippen molar-refractivity contribution in [1.29, 1.82) is 0 Å². The normalized spacial score (nSPS) is 19.8. The summed E-state index contributed by atoms with van der Waals surface area (Å²) in [4.78, 5) is 31.8. The molecule has 1 aromatic carbocycles. The second kappa shape index (κ2) is 10.7. The summed E-state index contributed by atoms with van der Waals surface area (Å²) in [6.07, 6.45) is 3.70. The molecule has 8 heteroatoms. The summed E-state index contributed by atoms with van der Waals surface area (Å²) in [7, 11) is 0. The molecular formula is C24H33N5O3. The van der Waals surface area contributed by atoms with Crippen LogP contribution in [0.2, 0.25) is 0 Å². The van der Waals surface area contributed by atoms with Crippen molar-refractivity contribution in [3.8, 4) is 0 Å². The number of piperidine rings is 1. The number of rotatable bonds is 7. The van der Waals surface area contributed by atoms with Gasteiger partial charge in [0.05, 0.1) is 6.42 Å². The Kier molecular flexibility index (Phi) is 7.52. The highest BCUT2D eigenvalue weighted by Gasteiger charge is 2.27. The number of aryl methyl sites for hydroxylation is 1. The minimum Gasteiger partial charge on any atom is -0.342 e. The molecule has 2 aromatic rings. The number of hydrogen-bond acceptors (Lipinski definition) is 6. The molecule has 2 aliphatic heterocycles. The Morgan fingerprint density at radius 1 is 1.00 bits per heavy atom. The van der Waals surface area contributed by atoms with Gasteiger partial charge in [-0.1, -0.05) is 40.6 Å².